The summed E-state index contributed by atoms with van der Waals surface area (Å²) >= 11 is 6.04. The molecule has 1 amide bonds. The third-order valence-electron chi connectivity index (χ3n) is 3.54. The van der Waals surface area contributed by atoms with Crippen LogP contribution in [0.15, 0.2) is 47.4 Å². The third-order valence-corrected chi connectivity index (χ3v) is 5.25. The zero-order chi connectivity index (χ0) is 19.9. The van der Waals surface area contributed by atoms with Crippen LogP contribution < -0.4 is 10.0 Å². The fourth-order valence-electron chi connectivity index (χ4n) is 2.19. The highest BCUT2D eigenvalue weighted by Crippen LogP contribution is 2.22. The molecule has 2 aromatic rings. The quantitative estimate of drug-likeness (QED) is 0.615. The molecule has 0 aromatic heterocycles. The van der Waals surface area contributed by atoms with Crippen LogP contribution in [0, 0.1) is 5.82 Å². The minimum atomic E-state index is -3.96. The van der Waals surface area contributed by atoms with Gasteiger partial charge in [0.2, 0.25) is 0 Å². The van der Waals surface area contributed by atoms with Crippen molar-refractivity contribution in [1.29, 1.82) is 0 Å². The summed E-state index contributed by atoms with van der Waals surface area (Å²) in [7, 11) is -3.96. The molecule has 0 atom stereocenters. The summed E-state index contributed by atoms with van der Waals surface area (Å²) in [6.07, 6.45) is 0.626. The minimum absolute atomic E-state index is 0.0510. The van der Waals surface area contributed by atoms with Gasteiger partial charge in [0.1, 0.15) is 5.82 Å². The number of halogens is 2. The molecule has 0 spiro atoms. The van der Waals surface area contributed by atoms with Gasteiger partial charge >= 0.3 is 0 Å². The van der Waals surface area contributed by atoms with Gasteiger partial charge in [0.25, 0.3) is 15.9 Å². The Morgan fingerprint density at radius 3 is 2.56 bits per heavy atom. The van der Waals surface area contributed by atoms with E-state index < -0.39 is 21.7 Å². The molecule has 6 nitrogen and oxygen atoms in total. The van der Waals surface area contributed by atoms with Crippen LogP contribution in [0.5, 0.6) is 0 Å². The van der Waals surface area contributed by atoms with Crippen LogP contribution >= 0.6 is 11.6 Å². The molecule has 2 rings (SSSR count). The van der Waals surface area contributed by atoms with Crippen molar-refractivity contribution in [3.63, 3.8) is 0 Å². The van der Waals surface area contributed by atoms with E-state index in [1.807, 2.05) is 6.92 Å². The minimum Gasteiger partial charge on any atom is -0.382 e. The lowest BCUT2D eigenvalue weighted by atomic mass is 10.2. The van der Waals surface area contributed by atoms with Crippen molar-refractivity contribution in [3.05, 3.63) is 58.9 Å². The molecule has 0 aliphatic rings. The lowest BCUT2D eigenvalue weighted by Crippen LogP contribution is -2.26. The number of amides is 1. The fourth-order valence-corrected chi connectivity index (χ4v) is 3.48. The van der Waals surface area contributed by atoms with E-state index >= 15 is 0 Å². The second kappa shape index (κ2) is 9.68. The summed E-state index contributed by atoms with van der Waals surface area (Å²) in [5.41, 5.74) is 0.253. The molecule has 0 radical (unpaired) electrons. The Kier molecular flexibility index (Phi) is 7.58. The van der Waals surface area contributed by atoms with Gasteiger partial charge < -0.3 is 10.1 Å². The maximum absolute atomic E-state index is 13.0. The number of rotatable bonds is 9. The highest BCUT2D eigenvalue weighted by molar-refractivity contribution is 7.92. The van der Waals surface area contributed by atoms with Gasteiger partial charge in [-0.05, 0) is 55.8 Å². The number of anilines is 1. The van der Waals surface area contributed by atoms with E-state index in [9.17, 15) is 17.6 Å². The topological polar surface area (TPSA) is 84.5 Å². The predicted molar refractivity (Wildman–Crippen MR) is 102 cm³/mol. The maximum atomic E-state index is 13.0. The average molecular weight is 415 g/mol. The number of hydrogen-bond acceptors (Lipinski definition) is 4. The molecular weight excluding hydrogens is 395 g/mol. The van der Waals surface area contributed by atoms with Crippen molar-refractivity contribution in [1.82, 2.24) is 5.32 Å². The molecule has 0 aliphatic carbocycles. The zero-order valence-electron chi connectivity index (χ0n) is 14.7. The van der Waals surface area contributed by atoms with Crippen LogP contribution in [-0.2, 0) is 14.8 Å². The Morgan fingerprint density at radius 2 is 1.89 bits per heavy atom. The third kappa shape index (κ3) is 6.20. The first-order valence-corrected chi connectivity index (χ1v) is 10.1. The number of carbonyl (C=O) groups is 1. The van der Waals surface area contributed by atoms with Crippen LogP contribution in [0.25, 0.3) is 0 Å². The number of carbonyl (C=O) groups excluding carboxylic acids is 1. The molecule has 2 N–H and O–H groups in total. The molecule has 27 heavy (non-hydrogen) atoms. The smallest absolute Gasteiger partial charge is 0.261 e. The Hall–Kier alpha value is -2.16. The highest BCUT2D eigenvalue weighted by atomic mass is 35.5. The first kappa shape index (κ1) is 21.1. The van der Waals surface area contributed by atoms with Crippen molar-refractivity contribution in [2.24, 2.45) is 0 Å². The summed E-state index contributed by atoms with van der Waals surface area (Å²) in [6, 6.07) is 8.72. The van der Waals surface area contributed by atoms with Gasteiger partial charge in [-0.2, -0.15) is 0 Å². The second-order valence-corrected chi connectivity index (χ2v) is 7.65. The van der Waals surface area contributed by atoms with Crippen LogP contribution in [0.2, 0.25) is 5.02 Å². The zero-order valence-corrected chi connectivity index (χ0v) is 16.2. The molecule has 0 bridgehead atoms. The van der Waals surface area contributed by atoms with Crippen molar-refractivity contribution in [3.8, 4) is 0 Å². The van der Waals surface area contributed by atoms with Gasteiger partial charge in [0.15, 0.2) is 0 Å². The fraction of sp³-hybridized carbons (Fsp3) is 0.278. The second-order valence-electron chi connectivity index (χ2n) is 5.56. The summed E-state index contributed by atoms with van der Waals surface area (Å²) in [6.45, 7) is 3.37. The Balaban J connectivity index is 2.12. The van der Waals surface area contributed by atoms with Crippen LogP contribution in [0.4, 0.5) is 10.1 Å². The summed E-state index contributed by atoms with van der Waals surface area (Å²) in [5, 5.41) is 2.81. The van der Waals surface area contributed by atoms with Gasteiger partial charge in [0, 0.05) is 25.4 Å². The number of sulfonamides is 1. The van der Waals surface area contributed by atoms with Crippen molar-refractivity contribution >= 4 is 33.2 Å². The van der Waals surface area contributed by atoms with Gasteiger partial charge in [-0.3, -0.25) is 9.52 Å². The van der Waals surface area contributed by atoms with Crippen molar-refractivity contribution in [2.45, 2.75) is 18.2 Å². The Labute approximate surface area is 162 Å². The molecule has 0 saturated heterocycles. The largest absolute Gasteiger partial charge is 0.382 e. The number of ether oxygens (including phenoxy) is 1. The first-order chi connectivity index (χ1) is 12.8. The predicted octanol–water partition coefficient (Wildman–Crippen LogP) is 3.44. The molecular formula is C18H20ClFN2O4S. The van der Waals surface area contributed by atoms with E-state index in [1.54, 1.807) is 0 Å². The summed E-state index contributed by atoms with van der Waals surface area (Å²) < 4.78 is 45.5. The van der Waals surface area contributed by atoms with Crippen LogP contribution in [0.3, 0.4) is 0 Å². The van der Waals surface area contributed by atoms with Crippen molar-refractivity contribution in [2.75, 3.05) is 24.5 Å². The molecule has 0 heterocycles. The maximum Gasteiger partial charge on any atom is 0.261 e. The average Bonchev–Trinajstić information content (AvgIpc) is 2.63. The molecule has 0 fully saturated rings. The number of nitrogens with one attached hydrogen (secondary N) is 2. The van der Waals surface area contributed by atoms with E-state index in [0.29, 0.717) is 26.2 Å². The number of hydrogen-bond donors (Lipinski definition) is 2. The molecule has 0 aliphatic heterocycles. The summed E-state index contributed by atoms with van der Waals surface area (Å²) in [5.74, 6) is -0.955. The van der Waals surface area contributed by atoms with Crippen LogP contribution in [0.1, 0.15) is 23.7 Å². The molecule has 0 saturated carbocycles. The molecule has 0 unspecified atom stereocenters. The molecule has 9 heteroatoms. The Morgan fingerprint density at radius 1 is 1.19 bits per heavy atom. The van der Waals surface area contributed by atoms with E-state index in [1.165, 1.54) is 30.3 Å². The van der Waals surface area contributed by atoms with Crippen LogP contribution in [-0.4, -0.2) is 34.1 Å². The van der Waals surface area contributed by atoms with Gasteiger partial charge in [-0.15, -0.1) is 0 Å². The van der Waals surface area contributed by atoms with Gasteiger partial charge in [-0.25, -0.2) is 12.8 Å². The monoisotopic (exact) mass is 414 g/mol. The van der Waals surface area contributed by atoms with E-state index in [2.05, 4.69) is 10.0 Å². The first-order valence-electron chi connectivity index (χ1n) is 8.27. The van der Waals surface area contributed by atoms with E-state index in [4.69, 9.17) is 16.3 Å². The Bertz CT molecular complexity index is 889. The van der Waals surface area contributed by atoms with Gasteiger partial charge in [-0.1, -0.05) is 11.6 Å². The lowest BCUT2D eigenvalue weighted by Gasteiger charge is -2.11. The summed E-state index contributed by atoms with van der Waals surface area (Å²) in [4.78, 5) is 12.2. The number of benzene rings is 2. The SMILES string of the molecule is CCOCCCNC(=O)c1cc(S(=O)(=O)Nc2ccc(F)cc2)ccc1Cl. The lowest BCUT2D eigenvalue weighted by molar-refractivity contribution is 0.0944. The molecule has 2 aromatic carbocycles. The molecule has 146 valence electrons. The highest BCUT2D eigenvalue weighted by Gasteiger charge is 2.19. The van der Waals surface area contributed by atoms with Gasteiger partial charge in [0.05, 0.1) is 15.5 Å². The standard InChI is InChI=1S/C18H20ClFN2O4S/c1-2-26-11-3-10-21-18(23)16-12-15(8-9-17(16)19)27(24,25)22-14-6-4-13(20)5-7-14/h4-9,12,22H,2-3,10-11H2,1H3,(H,21,23). The normalized spacial score (nSPS) is 11.2. The van der Waals surface area contributed by atoms with E-state index in [0.717, 1.165) is 12.1 Å². The van der Waals surface area contributed by atoms with E-state index in [-0.39, 0.29) is 21.2 Å². The van der Waals surface area contributed by atoms with Crippen molar-refractivity contribution < 1.29 is 22.3 Å².